The molecule has 2 nitrogen and oxygen atoms in total. The van der Waals surface area contributed by atoms with Crippen LogP contribution in [0.2, 0.25) is 0 Å². The van der Waals surface area contributed by atoms with E-state index >= 15 is 0 Å². The monoisotopic (exact) mass is 166 g/mol. The van der Waals surface area contributed by atoms with Crippen LogP contribution in [0, 0.1) is 5.92 Å². The third kappa shape index (κ3) is 0.876. The van der Waals surface area contributed by atoms with Crippen LogP contribution < -0.4 is 0 Å². The second-order valence-corrected chi connectivity index (χ2v) is 3.84. The first kappa shape index (κ1) is 7.99. The predicted octanol–water partition coefficient (Wildman–Crippen LogP) is 1.70. The second-order valence-electron chi connectivity index (χ2n) is 3.84. The Hall–Kier alpha value is -0.630. The fraction of sp³-hybridized carbons (Fsp3) is 0.700. The van der Waals surface area contributed by atoms with Crippen molar-refractivity contribution in [3.63, 3.8) is 0 Å². The molecule has 0 spiro atoms. The highest BCUT2D eigenvalue weighted by molar-refractivity contribution is 5.92. The van der Waals surface area contributed by atoms with Crippen molar-refractivity contribution in [1.82, 2.24) is 0 Å². The van der Waals surface area contributed by atoms with Crippen LogP contribution in [0.15, 0.2) is 11.6 Å². The quantitative estimate of drug-likeness (QED) is 0.554. The molecule has 0 aromatic heterocycles. The minimum atomic E-state index is -0.543. The van der Waals surface area contributed by atoms with E-state index in [-0.39, 0.29) is 5.78 Å². The third-order valence-electron chi connectivity index (χ3n) is 3.24. The molecule has 12 heavy (non-hydrogen) atoms. The molecule has 1 saturated carbocycles. The topological polar surface area (TPSA) is 26.3 Å². The van der Waals surface area contributed by atoms with E-state index in [2.05, 4.69) is 6.92 Å². The Morgan fingerprint density at radius 1 is 1.67 bits per heavy atom. The van der Waals surface area contributed by atoms with Gasteiger partial charge in [0.2, 0.25) is 0 Å². The van der Waals surface area contributed by atoms with Gasteiger partial charge in [-0.25, -0.2) is 0 Å². The lowest BCUT2D eigenvalue weighted by molar-refractivity contribution is -0.142. The molecule has 66 valence electrons. The Labute approximate surface area is 72.6 Å². The minimum Gasteiger partial charge on any atom is -0.366 e. The Bertz CT molecular complexity index is 255. The van der Waals surface area contributed by atoms with Crippen molar-refractivity contribution >= 4 is 5.78 Å². The molecule has 3 rings (SSSR count). The van der Waals surface area contributed by atoms with Gasteiger partial charge in [-0.15, -0.1) is 0 Å². The summed E-state index contributed by atoms with van der Waals surface area (Å²) < 4.78 is 5.32. The van der Waals surface area contributed by atoms with Crippen LogP contribution in [0.25, 0.3) is 0 Å². The molecule has 3 aliphatic rings. The average Bonchev–Trinajstić information content (AvgIpc) is 2.08. The van der Waals surface area contributed by atoms with E-state index < -0.39 is 5.60 Å². The molecule has 0 aliphatic heterocycles. The number of ketones is 1. The van der Waals surface area contributed by atoms with E-state index in [1.54, 1.807) is 7.11 Å². The normalized spacial score (nSPS) is 40.0. The fourth-order valence-corrected chi connectivity index (χ4v) is 2.33. The minimum absolute atomic E-state index is 0.270. The van der Waals surface area contributed by atoms with E-state index in [0.717, 1.165) is 12.8 Å². The summed E-state index contributed by atoms with van der Waals surface area (Å²) in [6, 6.07) is 0. The standard InChI is InChI=1S/C10H14O2/c1-7-6-10(12-2)4-3-8(7)5-9(10)11/h6,8H,3-5H2,1-2H3/t8-,10+/m1/s1. The number of carbonyl (C=O) groups is 1. The maximum atomic E-state index is 11.6. The first-order chi connectivity index (χ1) is 5.68. The molecule has 2 bridgehead atoms. The van der Waals surface area contributed by atoms with Crippen LogP contribution in [0.4, 0.5) is 0 Å². The van der Waals surface area contributed by atoms with Crippen molar-refractivity contribution in [2.75, 3.05) is 7.11 Å². The lowest BCUT2D eigenvalue weighted by Gasteiger charge is -2.41. The zero-order valence-corrected chi connectivity index (χ0v) is 7.59. The summed E-state index contributed by atoms with van der Waals surface area (Å²) in [5, 5.41) is 0. The number of Topliss-reactive ketones (excluding diaryl/α,β-unsaturated/α-hetero) is 1. The molecule has 0 N–H and O–H groups in total. The zero-order valence-electron chi connectivity index (χ0n) is 7.59. The number of fused-ring (bicyclic) bond motifs is 2. The van der Waals surface area contributed by atoms with Crippen LogP contribution in [-0.2, 0) is 9.53 Å². The van der Waals surface area contributed by atoms with Crippen molar-refractivity contribution in [1.29, 1.82) is 0 Å². The molecule has 2 heteroatoms. The number of hydrogen-bond donors (Lipinski definition) is 0. The van der Waals surface area contributed by atoms with Gasteiger partial charge in [0, 0.05) is 13.5 Å². The average molecular weight is 166 g/mol. The molecule has 3 aliphatic carbocycles. The highest BCUT2D eigenvalue weighted by Gasteiger charge is 2.45. The zero-order chi connectivity index (χ0) is 8.77. The maximum absolute atomic E-state index is 11.6. The maximum Gasteiger partial charge on any atom is 0.169 e. The summed E-state index contributed by atoms with van der Waals surface area (Å²) in [6.07, 6.45) is 4.70. The molecule has 0 saturated heterocycles. The molecular weight excluding hydrogens is 152 g/mol. The van der Waals surface area contributed by atoms with Crippen molar-refractivity contribution in [3.8, 4) is 0 Å². The van der Waals surface area contributed by atoms with Crippen LogP contribution >= 0.6 is 0 Å². The van der Waals surface area contributed by atoms with Gasteiger partial charge in [-0.3, -0.25) is 4.79 Å². The summed E-state index contributed by atoms with van der Waals surface area (Å²) in [5.41, 5.74) is 0.793. The van der Waals surface area contributed by atoms with Gasteiger partial charge in [0.05, 0.1) is 0 Å². The van der Waals surface area contributed by atoms with E-state index in [9.17, 15) is 4.79 Å². The van der Waals surface area contributed by atoms with Gasteiger partial charge in [-0.1, -0.05) is 5.57 Å². The highest BCUT2D eigenvalue weighted by Crippen LogP contribution is 2.42. The molecule has 0 aromatic carbocycles. The summed E-state index contributed by atoms with van der Waals surface area (Å²) in [5.74, 6) is 0.779. The Morgan fingerprint density at radius 3 is 2.83 bits per heavy atom. The van der Waals surface area contributed by atoms with E-state index in [4.69, 9.17) is 4.74 Å². The van der Waals surface area contributed by atoms with Crippen LogP contribution in [0.1, 0.15) is 26.2 Å². The van der Waals surface area contributed by atoms with Crippen molar-refractivity contribution in [2.24, 2.45) is 5.92 Å². The van der Waals surface area contributed by atoms with Crippen LogP contribution in [0.5, 0.6) is 0 Å². The molecule has 0 aromatic rings. The first-order valence-electron chi connectivity index (χ1n) is 4.46. The SMILES string of the molecule is CO[C@]12C=C(C)[C@H](CC1)CC2=O. The van der Waals surface area contributed by atoms with Gasteiger partial charge in [0.25, 0.3) is 0 Å². The van der Waals surface area contributed by atoms with Gasteiger partial charge in [-0.2, -0.15) is 0 Å². The molecule has 0 unspecified atom stereocenters. The lowest BCUT2D eigenvalue weighted by atomic mass is 9.68. The van der Waals surface area contributed by atoms with Gasteiger partial charge in [-0.05, 0) is 31.8 Å². The van der Waals surface area contributed by atoms with Gasteiger partial charge >= 0.3 is 0 Å². The Kier molecular flexibility index (Phi) is 1.62. The number of rotatable bonds is 1. The summed E-state index contributed by atoms with van der Waals surface area (Å²) in [6.45, 7) is 2.10. The number of carbonyl (C=O) groups excluding carboxylic acids is 1. The highest BCUT2D eigenvalue weighted by atomic mass is 16.5. The lowest BCUT2D eigenvalue weighted by Crippen LogP contribution is -2.47. The van der Waals surface area contributed by atoms with Crippen LogP contribution in [0.3, 0.4) is 0 Å². The molecule has 2 atom stereocenters. The number of ether oxygens (including phenoxy) is 1. The second kappa shape index (κ2) is 2.43. The van der Waals surface area contributed by atoms with Crippen LogP contribution in [-0.4, -0.2) is 18.5 Å². The van der Waals surface area contributed by atoms with E-state index in [1.165, 1.54) is 5.57 Å². The first-order valence-corrected chi connectivity index (χ1v) is 4.46. The van der Waals surface area contributed by atoms with Gasteiger partial charge < -0.3 is 4.74 Å². The van der Waals surface area contributed by atoms with E-state index in [0.29, 0.717) is 12.3 Å². The molecular formula is C10H14O2. The third-order valence-corrected chi connectivity index (χ3v) is 3.24. The van der Waals surface area contributed by atoms with Crippen molar-refractivity contribution in [3.05, 3.63) is 11.6 Å². The number of hydrogen-bond acceptors (Lipinski definition) is 2. The number of allylic oxidation sites excluding steroid dienone is 1. The summed E-state index contributed by atoms with van der Waals surface area (Å²) >= 11 is 0. The largest absolute Gasteiger partial charge is 0.366 e. The van der Waals surface area contributed by atoms with E-state index in [1.807, 2.05) is 6.08 Å². The smallest absolute Gasteiger partial charge is 0.169 e. The Balaban J connectivity index is 2.42. The molecule has 0 heterocycles. The Morgan fingerprint density at radius 2 is 2.42 bits per heavy atom. The predicted molar refractivity (Wildman–Crippen MR) is 45.8 cm³/mol. The van der Waals surface area contributed by atoms with Crippen molar-refractivity contribution in [2.45, 2.75) is 31.8 Å². The summed E-state index contributed by atoms with van der Waals surface area (Å²) in [7, 11) is 1.63. The summed E-state index contributed by atoms with van der Waals surface area (Å²) in [4.78, 5) is 11.6. The van der Waals surface area contributed by atoms with Gasteiger partial charge in [0.1, 0.15) is 5.60 Å². The molecule has 1 fully saturated rings. The fourth-order valence-electron chi connectivity index (χ4n) is 2.33. The van der Waals surface area contributed by atoms with Crippen molar-refractivity contribution < 1.29 is 9.53 Å². The molecule has 0 amide bonds. The van der Waals surface area contributed by atoms with Gasteiger partial charge in [0.15, 0.2) is 5.78 Å². The number of methoxy groups -OCH3 is 1. The molecule has 0 radical (unpaired) electrons.